The average Bonchev–Trinajstić information content (AvgIpc) is 2.68. The van der Waals surface area contributed by atoms with E-state index in [1.165, 1.54) is 0 Å². The molecule has 0 saturated heterocycles. The van der Waals surface area contributed by atoms with Gasteiger partial charge in [-0.05, 0) is 32.9 Å². The third kappa shape index (κ3) is 3.33. The molecule has 2 aromatic heterocycles. The summed E-state index contributed by atoms with van der Waals surface area (Å²) in [7, 11) is 3.89. The van der Waals surface area contributed by atoms with Crippen molar-refractivity contribution in [2.45, 2.75) is 32.9 Å². The van der Waals surface area contributed by atoms with Crippen LogP contribution in [0.3, 0.4) is 0 Å². The van der Waals surface area contributed by atoms with Crippen molar-refractivity contribution in [3.05, 3.63) is 24.2 Å². The average molecular weight is 275 g/mol. The Hall–Kier alpha value is -1.95. The Morgan fingerprint density at radius 3 is 2.50 bits per heavy atom. The van der Waals surface area contributed by atoms with Gasteiger partial charge in [0, 0.05) is 25.9 Å². The molecule has 20 heavy (non-hydrogen) atoms. The first-order chi connectivity index (χ1) is 9.26. The van der Waals surface area contributed by atoms with Gasteiger partial charge in [0.05, 0.1) is 12.1 Å². The highest BCUT2D eigenvalue weighted by Crippen LogP contribution is 2.20. The Morgan fingerprint density at radius 2 is 2.00 bits per heavy atom. The van der Waals surface area contributed by atoms with Gasteiger partial charge in [-0.15, -0.1) is 0 Å². The first kappa shape index (κ1) is 14.5. The highest BCUT2D eigenvalue weighted by Gasteiger charge is 2.18. The molecule has 0 bridgehead atoms. The van der Waals surface area contributed by atoms with E-state index in [1.807, 2.05) is 38.1 Å². The number of anilines is 1. The molecule has 6 heteroatoms. The zero-order valence-corrected chi connectivity index (χ0v) is 12.6. The van der Waals surface area contributed by atoms with Crippen LogP contribution >= 0.6 is 0 Å². The third-order valence-electron chi connectivity index (χ3n) is 2.78. The second kappa shape index (κ2) is 5.20. The fourth-order valence-electron chi connectivity index (χ4n) is 1.93. The molecule has 0 aliphatic carbocycles. The van der Waals surface area contributed by atoms with Crippen LogP contribution in [-0.2, 0) is 6.54 Å². The summed E-state index contributed by atoms with van der Waals surface area (Å²) >= 11 is 0. The van der Waals surface area contributed by atoms with E-state index in [-0.39, 0.29) is 0 Å². The number of aryl methyl sites for hydroxylation is 1. The van der Waals surface area contributed by atoms with Crippen LogP contribution in [0.15, 0.2) is 18.3 Å². The van der Waals surface area contributed by atoms with Gasteiger partial charge < -0.3 is 10.0 Å². The van der Waals surface area contributed by atoms with E-state index in [9.17, 15) is 5.11 Å². The summed E-state index contributed by atoms with van der Waals surface area (Å²) in [6, 6.07) is 3.90. The summed E-state index contributed by atoms with van der Waals surface area (Å²) in [6.07, 6.45) is 1.78. The number of hydrogen-bond acceptors (Lipinski definition) is 5. The predicted molar refractivity (Wildman–Crippen MR) is 78.6 cm³/mol. The van der Waals surface area contributed by atoms with E-state index in [4.69, 9.17) is 0 Å². The minimum Gasteiger partial charge on any atom is -0.389 e. The fourth-order valence-corrected chi connectivity index (χ4v) is 1.93. The van der Waals surface area contributed by atoms with Gasteiger partial charge in [-0.2, -0.15) is 5.10 Å². The van der Waals surface area contributed by atoms with Gasteiger partial charge in [-0.1, -0.05) is 0 Å². The summed E-state index contributed by atoms with van der Waals surface area (Å²) in [5, 5.41) is 14.3. The molecule has 0 radical (unpaired) electrons. The first-order valence-electron chi connectivity index (χ1n) is 6.54. The lowest BCUT2D eigenvalue weighted by atomic mass is 10.1. The second-order valence-corrected chi connectivity index (χ2v) is 5.75. The summed E-state index contributed by atoms with van der Waals surface area (Å²) in [4.78, 5) is 10.8. The van der Waals surface area contributed by atoms with Crippen LogP contribution in [0.2, 0.25) is 0 Å². The maximum Gasteiger partial charge on any atom is 0.160 e. The summed E-state index contributed by atoms with van der Waals surface area (Å²) in [5.41, 5.74) is 0.0479. The summed E-state index contributed by atoms with van der Waals surface area (Å²) < 4.78 is 1.72. The molecule has 0 aliphatic rings. The predicted octanol–water partition coefficient (Wildman–Crippen LogP) is 1.49. The normalized spacial score (nSPS) is 11.7. The standard InChI is InChI=1S/C14H21N5O/c1-10-16-13(19(17-10)9-14(2,3)20)11-6-7-12(15-8-11)18(4)5/h6-8,20H,9H2,1-5H3. The van der Waals surface area contributed by atoms with Gasteiger partial charge in [0.25, 0.3) is 0 Å². The molecule has 108 valence electrons. The zero-order valence-electron chi connectivity index (χ0n) is 12.6. The molecule has 0 aromatic carbocycles. The number of pyridine rings is 1. The van der Waals surface area contributed by atoms with E-state index >= 15 is 0 Å². The second-order valence-electron chi connectivity index (χ2n) is 5.75. The topological polar surface area (TPSA) is 67.1 Å². The molecule has 2 rings (SSSR count). The largest absolute Gasteiger partial charge is 0.389 e. The van der Waals surface area contributed by atoms with E-state index in [1.54, 1.807) is 24.7 Å². The lowest BCUT2D eigenvalue weighted by Crippen LogP contribution is -2.27. The van der Waals surface area contributed by atoms with Crippen LogP contribution < -0.4 is 4.90 Å². The molecule has 0 fully saturated rings. The van der Waals surface area contributed by atoms with Gasteiger partial charge in [-0.25, -0.2) is 14.6 Å². The molecule has 0 amide bonds. The first-order valence-corrected chi connectivity index (χ1v) is 6.54. The van der Waals surface area contributed by atoms with Crippen LogP contribution in [0.1, 0.15) is 19.7 Å². The van der Waals surface area contributed by atoms with Gasteiger partial charge in [0.15, 0.2) is 5.82 Å². The number of aliphatic hydroxyl groups is 1. The number of rotatable bonds is 4. The van der Waals surface area contributed by atoms with Gasteiger partial charge in [-0.3, -0.25) is 0 Å². The number of hydrogen-bond donors (Lipinski definition) is 1. The SMILES string of the molecule is Cc1nc(-c2ccc(N(C)C)nc2)n(CC(C)(C)O)n1. The monoisotopic (exact) mass is 275 g/mol. The molecular formula is C14H21N5O. The van der Waals surface area contributed by atoms with Crippen LogP contribution in [0.4, 0.5) is 5.82 Å². The van der Waals surface area contributed by atoms with Crippen LogP contribution in [0.25, 0.3) is 11.4 Å². The Kier molecular flexibility index (Phi) is 3.76. The van der Waals surface area contributed by atoms with Crippen molar-refractivity contribution in [2.75, 3.05) is 19.0 Å². The van der Waals surface area contributed by atoms with E-state index < -0.39 is 5.60 Å². The van der Waals surface area contributed by atoms with E-state index in [0.29, 0.717) is 12.4 Å². The van der Waals surface area contributed by atoms with Crippen LogP contribution in [-0.4, -0.2) is 44.6 Å². The number of nitrogens with zero attached hydrogens (tertiary/aromatic N) is 5. The summed E-state index contributed by atoms with van der Waals surface area (Å²) in [5.74, 6) is 2.29. The molecule has 0 spiro atoms. The Morgan fingerprint density at radius 1 is 1.30 bits per heavy atom. The highest BCUT2D eigenvalue weighted by atomic mass is 16.3. The minimum atomic E-state index is -0.841. The molecule has 2 heterocycles. The quantitative estimate of drug-likeness (QED) is 0.915. The lowest BCUT2D eigenvalue weighted by molar-refractivity contribution is 0.0581. The molecular weight excluding hydrogens is 254 g/mol. The maximum atomic E-state index is 9.96. The zero-order chi connectivity index (χ0) is 14.9. The van der Waals surface area contributed by atoms with Crippen molar-refractivity contribution >= 4 is 5.82 Å². The molecule has 0 aliphatic heterocycles. The Bertz CT molecular complexity index is 581. The van der Waals surface area contributed by atoms with Crippen molar-refractivity contribution in [3.8, 4) is 11.4 Å². The molecule has 2 aromatic rings. The van der Waals surface area contributed by atoms with Crippen LogP contribution in [0.5, 0.6) is 0 Å². The van der Waals surface area contributed by atoms with Crippen molar-refractivity contribution < 1.29 is 5.11 Å². The van der Waals surface area contributed by atoms with Gasteiger partial charge >= 0.3 is 0 Å². The Labute approximate surface area is 119 Å². The molecule has 0 unspecified atom stereocenters. The molecule has 6 nitrogen and oxygen atoms in total. The number of aromatic nitrogens is 4. The summed E-state index contributed by atoms with van der Waals surface area (Å²) in [6.45, 7) is 5.73. The van der Waals surface area contributed by atoms with Crippen molar-refractivity contribution in [2.24, 2.45) is 0 Å². The highest BCUT2D eigenvalue weighted by molar-refractivity contribution is 5.56. The lowest BCUT2D eigenvalue weighted by Gasteiger charge is -2.18. The van der Waals surface area contributed by atoms with Gasteiger partial charge in [0.1, 0.15) is 11.6 Å². The van der Waals surface area contributed by atoms with Crippen molar-refractivity contribution in [1.82, 2.24) is 19.7 Å². The van der Waals surface area contributed by atoms with Crippen LogP contribution in [0, 0.1) is 6.92 Å². The molecule has 0 saturated carbocycles. The van der Waals surface area contributed by atoms with E-state index in [0.717, 1.165) is 17.2 Å². The van der Waals surface area contributed by atoms with Crippen molar-refractivity contribution in [1.29, 1.82) is 0 Å². The minimum absolute atomic E-state index is 0.388. The Balaban J connectivity index is 2.37. The molecule has 0 atom stereocenters. The van der Waals surface area contributed by atoms with E-state index in [2.05, 4.69) is 15.1 Å². The fraction of sp³-hybridized carbons (Fsp3) is 0.500. The maximum absolute atomic E-state index is 9.96. The molecule has 1 N–H and O–H groups in total. The van der Waals surface area contributed by atoms with Crippen molar-refractivity contribution in [3.63, 3.8) is 0 Å². The third-order valence-corrected chi connectivity index (χ3v) is 2.78. The van der Waals surface area contributed by atoms with Gasteiger partial charge in [0.2, 0.25) is 0 Å². The smallest absolute Gasteiger partial charge is 0.160 e.